The Morgan fingerprint density at radius 1 is 1.71 bits per heavy atom. The monoisotopic (exact) mass is 240 g/mol. The number of hydrogen-bond acceptors (Lipinski definition) is 6. The molecule has 1 atom stereocenters. The van der Waals surface area contributed by atoms with Crippen LogP contribution in [0, 0.1) is 0 Å². The predicted octanol–water partition coefficient (Wildman–Crippen LogP) is -0.821. The van der Waals surface area contributed by atoms with Crippen LogP contribution in [-0.2, 0) is 4.74 Å². The zero-order valence-electron chi connectivity index (χ0n) is 9.66. The molecule has 17 heavy (non-hydrogen) atoms. The van der Waals surface area contributed by atoms with Crippen molar-refractivity contribution in [2.45, 2.75) is 6.10 Å². The number of aromatic amines is 1. The number of rotatable bonds is 4. The van der Waals surface area contributed by atoms with Crippen molar-refractivity contribution < 1.29 is 9.47 Å². The van der Waals surface area contributed by atoms with Crippen LogP contribution < -0.4 is 20.9 Å². The van der Waals surface area contributed by atoms with Gasteiger partial charge in [0.1, 0.15) is 0 Å². The summed E-state index contributed by atoms with van der Waals surface area (Å²) >= 11 is 0. The summed E-state index contributed by atoms with van der Waals surface area (Å²) in [4.78, 5) is 17.9. The van der Waals surface area contributed by atoms with Gasteiger partial charge in [0.15, 0.2) is 5.82 Å². The van der Waals surface area contributed by atoms with E-state index in [0.717, 1.165) is 13.1 Å². The van der Waals surface area contributed by atoms with E-state index < -0.39 is 0 Å². The average molecular weight is 240 g/mol. The molecule has 0 radical (unpaired) electrons. The van der Waals surface area contributed by atoms with Gasteiger partial charge in [-0.25, -0.2) is 4.98 Å². The second-order valence-corrected chi connectivity index (χ2v) is 3.69. The Bertz CT molecular complexity index is 414. The van der Waals surface area contributed by atoms with Gasteiger partial charge in [-0.15, -0.1) is 0 Å². The van der Waals surface area contributed by atoms with E-state index >= 15 is 0 Å². The molecule has 94 valence electrons. The molecule has 1 aromatic heterocycles. The van der Waals surface area contributed by atoms with E-state index in [1.165, 1.54) is 13.4 Å². The fourth-order valence-electron chi connectivity index (χ4n) is 1.66. The number of nitrogens with zero attached hydrogens (tertiary/aromatic N) is 1. The number of H-pyrrole nitrogens is 1. The summed E-state index contributed by atoms with van der Waals surface area (Å²) in [7, 11) is 1.44. The number of aromatic nitrogens is 2. The van der Waals surface area contributed by atoms with E-state index in [2.05, 4.69) is 20.6 Å². The minimum absolute atomic E-state index is 0.0783. The molecule has 3 N–H and O–H groups in total. The van der Waals surface area contributed by atoms with Crippen LogP contribution >= 0.6 is 0 Å². The first kappa shape index (κ1) is 11.9. The Kier molecular flexibility index (Phi) is 3.94. The van der Waals surface area contributed by atoms with Gasteiger partial charge in [-0.2, -0.15) is 0 Å². The summed E-state index contributed by atoms with van der Waals surface area (Å²) in [6, 6.07) is 0. The van der Waals surface area contributed by atoms with E-state index in [4.69, 9.17) is 9.47 Å². The van der Waals surface area contributed by atoms with E-state index in [0.29, 0.717) is 19.0 Å². The molecular weight excluding hydrogens is 224 g/mol. The molecule has 7 nitrogen and oxygen atoms in total. The van der Waals surface area contributed by atoms with Crippen molar-refractivity contribution in [1.82, 2.24) is 15.3 Å². The lowest BCUT2D eigenvalue weighted by molar-refractivity contribution is 0.0371. The Hall–Kier alpha value is -1.60. The third kappa shape index (κ3) is 2.95. The lowest BCUT2D eigenvalue weighted by atomic mass is 10.3. The number of ether oxygens (including phenoxy) is 2. The Morgan fingerprint density at radius 2 is 2.59 bits per heavy atom. The molecule has 0 aromatic carbocycles. The highest BCUT2D eigenvalue weighted by Crippen LogP contribution is 2.14. The number of hydrogen-bond donors (Lipinski definition) is 3. The van der Waals surface area contributed by atoms with Crippen molar-refractivity contribution >= 4 is 5.82 Å². The molecule has 2 heterocycles. The fourth-order valence-corrected chi connectivity index (χ4v) is 1.66. The molecule has 0 saturated carbocycles. The average Bonchev–Trinajstić information content (AvgIpc) is 2.37. The van der Waals surface area contributed by atoms with Crippen LogP contribution in [0.15, 0.2) is 11.1 Å². The molecule has 0 bridgehead atoms. The minimum Gasteiger partial charge on any atom is -0.489 e. The first-order valence-electron chi connectivity index (χ1n) is 5.49. The van der Waals surface area contributed by atoms with Crippen molar-refractivity contribution in [2.75, 3.05) is 38.7 Å². The quantitative estimate of drug-likeness (QED) is 0.637. The van der Waals surface area contributed by atoms with Crippen LogP contribution in [0.4, 0.5) is 5.82 Å². The van der Waals surface area contributed by atoms with E-state index in [-0.39, 0.29) is 17.4 Å². The van der Waals surface area contributed by atoms with Gasteiger partial charge in [-0.3, -0.25) is 4.79 Å². The Labute approximate surface area is 98.5 Å². The molecule has 2 rings (SSSR count). The Morgan fingerprint density at radius 3 is 3.29 bits per heavy atom. The molecule has 1 fully saturated rings. The van der Waals surface area contributed by atoms with Crippen LogP contribution in [0.3, 0.4) is 0 Å². The maximum absolute atomic E-state index is 11.4. The molecule has 1 aliphatic heterocycles. The second-order valence-electron chi connectivity index (χ2n) is 3.69. The number of anilines is 1. The van der Waals surface area contributed by atoms with E-state index in [9.17, 15) is 4.79 Å². The SMILES string of the molecule is COc1c(NCC2CNCCO2)nc[nH]c1=O. The highest BCUT2D eigenvalue weighted by Gasteiger charge is 2.15. The van der Waals surface area contributed by atoms with Gasteiger partial charge in [0.25, 0.3) is 5.56 Å². The molecule has 0 aliphatic carbocycles. The third-order valence-corrected chi connectivity index (χ3v) is 2.52. The van der Waals surface area contributed by atoms with Gasteiger partial charge in [0, 0.05) is 19.6 Å². The summed E-state index contributed by atoms with van der Waals surface area (Å²) in [5.41, 5.74) is -0.298. The lowest BCUT2D eigenvalue weighted by Gasteiger charge is -2.24. The zero-order valence-corrected chi connectivity index (χ0v) is 9.66. The van der Waals surface area contributed by atoms with Crippen molar-refractivity contribution in [3.05, 3.63) is 16.7 Å². The summed E-state index contributed by atoms with van der Waals surface area (Å²) in [6.45, 7) is 2.95. The lowest BCUT2D eigenvalue weighted by Crippen LogP contribution is -2.42. The van der Waals surface area contributed by atoms with E-state index in [1.807, 2.05) is 0 Å². The number of nitrogens with one attached hydrogen (secondary N) is 3. The number of methoxy groups -OCH3 is 1. The highest BCUT2D eigenvalue weighted by molar-refractivity contribution is 5.47. The van der Waals surface area contributed by atoms with Gasteiger partial charge in [-0.1, -0.05) is 0 Å². The molecule has 7 heteroatoms. The molecule has 0 spiro atoms. The molecular formula is C10H16N4O3. The smallest absolute Gasteiger partial charge is 0.295 e. The van der Waals surface area contributed by atoms with Gasteiger partial charge in [0.05, 0.1) is 26.1 Å². The van der Waals surface area contributed by atoms with Crippen LogP contribution in [0.25, 0.3) is 0 Å². The topological polar surface area (TPSA) is 88.3 Å². The van der Waals surface area contributed by atoms with Crippen molar-refractivity contribution in [1.29, 1.82) is 0 Å². The largest absolute Gasteiger partial charge is 0.489 e. The molecule has 1 unspecified atom stereocenters. The summed E-state index contributed by atoms with van der Waals surface area (Å²) < 4.78 is 10.5. The Balaban J connectivity index is 1.98. The van der Waals surface area contributed by atoms with Gasteiger partial charge in [0.2, 0.25) is 5.75 Å². The van der Waals surface area contributed by atoms with Gasteiger partial charge in [-0.05, 0) is 0 Å². The van der Waals surface area contributed by atoms with Crippen molar-refractivity contribution in [3.8, 4) is 5.75 Å². The van der Waals surface area contributed by atoms with Crippen LogP contribution in [0.1, 0.15) is 0 Å². The normalized spacial score (nSPS) is 19.9. The molecule has 1 aliphatic rings. The molecule has 1 saturated heterocycles. The van der Waals surface area contributed by atoms with Gasteiger partial charge >= 0.3 is 0 Å². The van der Waals surface area contributed by atoms with Gasteiger partial charge < -0.3 is 25.1 Å². The van der Waals surface area contributed by atoms with Crippen molar-refractivity contribution in [3.63, 3.8) is 0 Å². The summed E-state index contributed by atoms with van der Waals surface area (Å²) in [6.07, 6.45) is 1.42. The van der Waals surface area contributed by atoms with Crippen LogP contribution in [-0.4, -0.2) is 49.4 Å². The third-order valence-electron chi connectivity index (χ3n) is 2.52. The van der Waals surface area contributed by atoms with Crippen LogP contribution in [0.2, 0.25) is 0 Å². The first-order chi connectivity index (χ1) is 8.31. The highest BCUT2D eigenvalue weighted by atomic mass is 16.5. The zero-order chi connectivity index (χ0) is 12.1. The van der Waals surface area contributed by atoms with Crippen LogP contribution in [0.5, 0.6) is 5.75 Å². The fraction of sp³-hybridized carbons (Fsp3) is 0.600. The number of morpholine rings is 1. The van der Waals surface area contributed by atoms with Crippen molar-refractivity contribution in [2.24, 2.45) is 0 Å². The maximum Gasteiger partial charge on any atom is 0.295 e. The van der Waals surface area contributed by atoms with E-state index in [1.54, 1.807) is 0 Å². The standard InChI is InChI=1S/C10H16N4O3/c1-16-8-9(13-6-14-10(8)15)12-5-7-4-11-2-3-17-7/h6-7,11H,2-5H2,1H3,(H2,12,13,14,15). The molecule has 0 amide bonds. The first-order valence-corrected chi connectivity index (χ1v) is 5.49. The maximum atomic E-state index is 11.4. The summed E-state index contributed by atoms with van der Waals surface area (Å²) in [5.74, 6) is 0.627. The second kappa shape index (κ2) is 5.65. The molecule has 1 aromatic rings. The minimum atomic E-state index is -0.298. The predicted molar refractivity (Wildman–Crippen MR) is 62.5 cm³/mol. The summed E-state index contributed by atoms with van der Waals surface area (Å²) in [5, 5.41) is 6.28.